The lowest BCUT2D eigenvalue weighted by Gasteiger charge is -2.35. The van der Waals surface area contributed by atoms with Gasteiger partial charge < -0.3 is 19.4 Å². The Balaban J connectivity index is 1.26. The first-order chi connectivity index (χ1) is 17.1. The first-order valence-electron chi connectivity index (χ1n) is 13.0. The van der Waals surface area contributed by atoms with E-state index < -0.39 is 0 Å². The molecule has 2 aromatic rings. The number of piperidine rings is 2. The third kappa shape index (κ3) is 5.11. The lowest BCUT2D eigenvalue weighted by molar-refractivity contribution is -0.148. The van der Waals surface area contributed by atoms with E-state index in [0.717, 1.165) is 68.1 Å². The largest absolute Gasteiger partial charge is 0.466 e. The zero-order valence-electron chi connectivity index (χ0n) is 20.6. The second kappa shape index (κ2) is 10.6. The number of amides is 1. The Morgan fingerprint density at radius 1 is 0.943 bits per heavy atom. The van der Waals surface area contributed by atoms with Crippen LogP contribution in [0, 0.1) is 5.92 Å². The summed E-state index contributed by atoms with van der Waals surface area (Å²) < 4.78 is 5.21. The minimum absolute atomic E-state index is 0.0464. The number of fused-ring (bicyclic) bond motifs is 1. The Morgan fingerprint density at radius 2 is 1.69 bits per heavy atom. The number of anilines is 2. The summed E-state index contributed by atoms with van der Waals surface area (Å²) >= 11 is 0. The Hall–Kier alpha value is -3.16. The van der Waals surface area contributed by atoms with E-state index in [0.29, 0.717) is 19.7 Å². The van der Waals surface area contributed by atoms with Gasteiger partial charge in [0.2, 0.25) is 0 Å². The van der Waals surface area contributed by atoms with Crippen molar-refractivity contribution >= 4 is 23.4 Å². The first-order valence-corrected chi connectivity index (χ1v) is 13.0. The molecule has 0 aliphatic carbocycles. The molecule has 0 N–H and O–H groups in total. The fourth-order valence-electron chi connectivity index (χ4n) is 5.51. The van der Waals surface area contributed by atoms with Gasteiger partial charge in [-0.2, -0.15) is 0 Å². The van der Waals surface area contributed by atoms with Crippen LogP contribution in [0.15, 0.2) is 30.6 Å². The molecule has 0 unspecified atom stereocenters. The third-order valence-corrected chi connectivity index (χ3v) is 7.52. The van der Waals surface area contributed by atoms with Crippen molar-refractivity contribution in [2.45, 2.75) is 52.0 Å². The van der Waals surface area contributed by atoms with Gasteiger partial charge in [-0.1, -0.05) is 0 Å². The molecule has 1 aromatic heterocycles. The zero-order valence-corrected chi connectivity index (χ0v) is 20.6. The third-order valence-electron chi connectivity index (χ3n) is 7.52. The Kier molecular flexibility index (Phi) is 7.16. The fourth-order valence-corrected chi connectivity index (χ4v) is 5.51. The first kappa shape index (κ1) is 23.6. The summed E-state index contributed by atoms with van der Waals surface area (Å²) in [5.74, 6) is 0.807. The Labute approximate surface area is 207 Å². The number of hydrogen-bond donors (Lipinski definition) is 0. The van der Waals surface area contributed by atoms with Gasteiger partial charge >= 0.3 is 5.97 Å². The molecule has 0 radical (unpaired) electrons. The molecular weight excluding hydrogens is 442 g/mol. The molecule has 0 atom stereocenters. The molecule has 1 aromatic carbocycles. The molecule has 0 bridgehead atoms. The monoisotopic (exact) mass is 477 g/mol. The molecule has 35 heavy (non-hydrogen) atoms. The van der Waals surface area contributed by atoms with Crippen LogP contribution in [0.4, 0.5) is 11.5 Å². The fraction of sp³-hybridized carbons (Fsp3) is 0.556. The lowest BCUT2D eigenvalue weighted by atomic mass is 9.96. The van der Waals surface area contributed by atoms with Gasteiger partial charge in [0.05, 0.1) is 24.8 Å². The Morgan fingerprint density at radius 3 is 2.40 bits per heavy atom. The molecule has 3 aliphatic heterocycles. The van der Waals surface area contributed by atoms with Gasteiger partial charge in [0.15, 0.2) is 0 Å². The highest BCUT2D eigenvalue weighted by Gasteiger charge is 2.31. The molecule has 5 rings (SSSR count). The number of carbonyl (C=O) groups excluding carboxylic acids is 2. The van der Waals surface area contributed by atoms with E-state index in [4.69, 9.17) is 4.74 Å². The summed E-state index contributed by atoms with van der Waals surface area (Å²) in [6, 6.07) is 8.09. The molecular formula is C27H35N5O3. The van der Waals surface area contributed by atoms with E-state index in [-0.39, 0.29) is 17.8 Å². The SMILES string of the molecule is CCOC(=O)C1CCN(c2ncnc3c2CN(C(=O)c2ccc(N4CCCCC4)cc2)CC3)CC1. The topological polar surface area (TPSA) is 78.9 Å². The van der Waals surface area contributed by atoms with Crippen LogP contribution < -0.4 is 9.80 Å². The number of rotatable bonds is 5. The summed E-state index contributed by atoms with van der Waals surface area (Å²) in [4.78, 5) is 41.2. The molecule has 1 amide bonds. The van der Waals surface area contributed by atoms with E-state index in [9.17, 15) is 9.59 Å². The van der Waals surface area contributed by atoms with E-state index >= 15 is 0 Å². The van der Waals surface area contributed by atoms with Gasteiger partial charge in [-0.15, -0.1) is 0 Å². The smallest absolute Gasteiger partial charge is 0.309 e. The summed E-state index contributed by atoms with van der Waals surface area (Å²) in [7, 11) is 0. The van der Waals surface area contributed by atoms with Crippen LogP contribution in [0.2, 0.25) is 0 Å². The van der Waals surface area contributed by atoms with E-state index in [1.165, 1.54) is 24.9 Å². The van der Waals surface area contributed by atoms with Crippen molar-refractivity contribution < 1.29 is 14.3 Å². The number of carbonyl (C=O) groups is 2. The van der Waals surface area contributed by atoms with Crippen molar-refractivity contribution in [1.82, 2.24) is 14.9 Å². The number of aromatic nitrogens is 2. The number of benzene rings is 1. The van der Waals surface area contributed by atoms with Gasteiger partial charge in [-0.05, 0) is 63.3 Å². The van der Waals surface area contributed by atoms with Crippen LogP contribution in [0.25, 0.3) is 0 Å². The summed E-state index contributed by atoms with van der Waals surface area (Å²) in [6.07, 6.45) is 7.63. The number of ether oxygens (including phenoxy) is 1. The molecule has 0 spiro atoms. The van der Waals surface area contributed by atoms with Gasteiger partial charge in [0, 0.05) is 56.0 Å². The van der Waals surface area contributed by atoms with Gasteiger partial charge in [0.25, 0.3) is 5.91 Å². The normalized spacial score (nSPS) is 18.8. The summed E-state index contributed by atoms with van der Waals surface area (Å²) in [5, 5.41) is 0. The van der Waals surface area contributed by atoms with Crippen molar-refractivity contribution in [3.05, 3.63) is 47.4 Å². The minimum atomic E-state index is -0.0973. The van der Waals surface area contributed by atoms with Crippen molar-refractivity contribution in [1.29, 1.82) is 0 Å². The number of hydrogen-bond acceptors (Lipinski definition) is 7. The van der Waals surface area contributed by atoms with Crippen LogP contribution in [-0.2, 0) is 22.5 Å². The van der Waals surface area contributed by atoms with Gasteiger partial charge in [-0.25, -0.2) is 9.97 Å². The summed E-state index contributed by atoms with van der Waals surface area (Å²) in [5.41, 5.74) is 3.98. The highest BCUT2D eigenvalue weighted by molar-refractivity contribution is 5.94. The molecule has 2 fully saturated rings. The van der Waals surface area contributed by atoms with E-state index in [2.05, 4.69) is 31.9 Å². The molecule has 8 nitrogen and oxygen atoms in total. The van der Waals surface area contributed by atoms with Crippen LogP contribution in [0.3, 0.4) is 0 Å². The average molecular weight is 478 g/mol. The molecule has 3 aliphatic rings. The van der Waals surface area contributed by atoms with Crippen molar-refractivity contribution in [2.24, 2.45) is 5.92 Å². The van der Waals surface area contributed by atoms with Crippen molar-refractivity contribution in [3.63, 3.8) is 0 Å². The number of esters is 1. The molecule has 0 saturated carbocycles. The predicted molar refractivity (Wildman–Crippen MR) is 135 cm³/mol. The molecule has 2 saturated heterocycles. The van der Waals surface area contributed by atoms with Crippen LogP contribution in [-0.4, -0.2) is 66.1 Å². The lowest BCUT2D eigenvalue weighted by Crippen LogP contribution is -2.41. The van der Waals surface area contributed by atoms with Crippen LogP contribution >= 0.6 is 0 Å². The van der Waals surface area contributed by atoms with E-state index in [1.807, 2.05) is 24.0 Å². The maximum Gasteiger partial charge on any atom is 0.309 e. The summed E-state index contributed by atoms with van der Waals surface area (Å²) in [6.45, 7) is 7.11. The predicted octanol–water partition coefficient (Wildman–Crippen LogP) is 3.44. The molecule has 8 heteroatoms. The molecule has 4 heterocycles. The average Bonchev–Trinajstić information content (AvgIpc) is 2.93. The second-order valence-corrected chi connectivity index (χ2v) is 9.71. The quantitative estimate of drug-likeness (QED) is 0.611. The second-order valence-electron chi connectivity index (χ2n) is 9.71. The van der Waals surface area contributed by atoms with Crippen molar-refractivity contribution in [3.8, 4) is 0 Å². The highest BCUT2D eigenvalue weighted by atomic mass is 16.5. The number of nitrogens with zero attached hydrogens (tertiary/aromatic N) is 5. The highest BCUT2D eigenvalue weighted by Crippen LogP contribution is 2.30. The standard InChI is InChI=1S/C27H35N5O3/c1-2-35-27(34)21-10-15-31(16-11-21)25-23-18-32(17-12-24(23)28-19-29-25)26(33)20-6-8-22(9-7-20)30-13-4-3-5-14-30/h6-9,19,21H,2-5,10-18H2,1H3. The Bertz CT molecular complexity index is 1040. The van der Waals surface area contributed by atoms with Crippen molar-refractivity contribution in [2.75, 3.05) is 49.1 Å². The van der Waals surface area contributed by atoms with E-state index in [1.54, 1.807) is 6.33 Å². The minimum Gasteiger partial charge on any atom is -0.466 e. The molecule has 186 valence electrons. The van der Waals surface area contributed by atoms with Gasteiger partial charge in [-0.3, -0.25) is 9.59 Å². The maximum absolute atomic E-state index is 13.4. The zero-order chi connectivity index (χ0) is 24.2. The van der Waals surface area contributed by atoms with Crippen LogP contribution in [0.5, 0.6) is 0 Å². The van der Waals surface area contributed by atoms with Crippen LogP contribution in [0.1, 0.15) is 60.6 Å². The maximum atomic E-state index is 13.4. The van der Waals surface area contributed by atoms with Gasteiger partial charge in [0.1, 0.15) is 12.1 Å².